The number of para-hydroxylation sites is 2. The van der Waals surface area contributed by atoms with Crippen LogP contribution in [0.1, 0.15) is 18.6 Å². The van der Waals surface area contributed by atoms with Crippen molar-refractivity contribution in [3.8, 4) is 0 Å². The minimum atomic E-state index is -0.724. The minimum absolute atomic E-state index is 0.352. The molecule has 1 unspecified atom stereocenters. The average Bonchev–Trinajstić information content (AvgIpc) is 2.82. The predicted molar refractivity (Wildman–Crippen MR) is 77.3 cm³/mol. The Kier molecular flexibility index (Phi) is 3.46. The van der Waals surface area contributed by atoms with Crippen molar-refractivity contribution < 1.29 is 9.50 Å². The number of aliphatic hydroxyl groups is 1. The number of benzene rings is 2. The van der Waals surface area contributed by atoms with Gasteiger partial charge in [-0.25, -0.2) is 9.37 Å². The molecule has 0 aliphatic heterocycles. The lowest BCUT2D eigenvalue weighted by molar-refractivity contribution is 0.196. The molecule has 3 aromatic rings. The van der Waals surface area contributed by atoms with E-state index in [0.717, 1.165) is 21.1 Å². The van der Waals surface area contributed by atoms with E-state index in [-0.39, 0.29) is 5.82 Å². The van der Waals surface area contributed by atoms with Gasteiger partial charge in [0, 0.05) is 4.90 Å². The Balaban J connectivity index is 1.98. The van der Waals surface area contributed by atoms with Crippen molar-refractivity contribution in [2.75, 3.05) is 0 Å². The molecule has 2 aromatic carbocycles. The van der Waals surface area contributed by atoms with Gasteiger partial charge in [0.15, 0.2) is 5.16 Å². The molecule has 0 aliphatic rings. The molecule has 3 nitrogen and oxygen atoms in total. The Morgan fingerprint density at radius 2 is 2.05 bits per heavy atom. The first-order valence-electron chi connectivity index (χ1n) is 6.23. The topological polar surface area (TPSA) is 48.9 Å². The van der Waals surface area contributed by atoms with Gasteiger partial charge < -0.3 is 10.1 Å². The average molecular weight is 288 g/mol. The van der Waals surface area contributed by atoms with E-state index in [2.05, 4.69) is 9.97 Å². The van der Waals surface area contributed by atoms with Gasteiger partial charge in [-0.05, 0) is 42.8 Å². The van der Waals surface area contributed by atoms with Crippen molar-refractivity contribution in [1.29, 1.82) is 0 Å². The van der Waals surface area contributed by atoms with Crippen LogP contribution in [0.25, 0.3) is 11.0 Å². The first kappa shape index (κ1) is 13.1. The summed E-state index contributed by atoms with van der Waals surface area (Å²) in [5.74, 6) is -0.352. The Bertz CT molecular complexity index is 721. The summed E-state index contributed by atoms with van der Waals surface area (Å²) in [4.78, 5) is 8.46. The molecule has 2 N–H and O–H groups in total. The third-order valence-electron chi connectivity index (χ3n) is 3.00. The number of rotatable bonds is 3. The van der Waals surface area contributed by atoms with Crippen LogP contribution in [-0.4, -0.2) is 15.1 Å². The van der Waals surface area contributed by atoms with Crippen LogP contribution in [0.3, 0.4) is 0 Å². The Labute approximate surface area is 119 Å². The molecule has 0 saturated heterocycles. The minimum Gasteiger partial charge on any atom is -0.389 e. The number of hydrogen-bond acceptors (Lipinski definition) is 3. The third kappa shape index (κ3) is 2.55. The standard InChI is InChI=1S/C15H13FN2OS/c1-9(19)11-8-10(16)6-7-14(11)20-15-17-12-4-2-3-5-13(12)18-15/h2-9,19H,1H3,(H,17,18). The maximum Gasteiger partial charge on any atom is 0.171 e. The zero-order valence-electron chi connectivity index (χ0n) is 10.8. The van der Waals surface area contributed by atoms with Crippen molar-refractivity contribution in [3.63, 3.8) is 0 Å². The zero-order valence-corrected chi connectivity index (χ0v) is 11.6. The maximum atomic E-state index is 13.3. The highest BCUT2D eigenvalue weighted by Crippen LogP contribution is 2.33. The van der Waals surface area contributed by atoms with E-state index < -0.39 is 6.10 Å². The van der Waals surface area contributed by atoms with Crippen molar-refractivity contribution in [1.82, 2.24) is 9.97 Å². The van der Waals surface area contributed by atoms with Crippen LogP contribution in [0.2, 0.25) is 0 Å². The summed E-state index contributed by atoms with van der Waals surface area (Å²) in [5, 5.41) is 10.5. The molecule has 102 valence electrons. The van der Waals surface area contributed by atoms with E-state index >= 15 is 0 Å². The highest BCUT2D eigenvalue weighted by molar-refractivity contribution is 7.99. The molecular weight excluding hydrogens is 275 g/mol. The number of halogens is 1. The number of imidazole rings is 1. The van der Waals surface area contributed by atoms with Crippen LogP contribution < -0.4 is 0 Å². The zero-order chi connectivity index (χ0) is 14.1. The molecule has 0 spiro atoms. The smallest absolute Gasteiger partial charge is 0.171 e. The molecule has 0 radical (unpaired) electrons. The second-order valence-electron chi connectivity index (χ2n) is 4.52. The van der Waals surface area contributed by atoms with Gasteiger partial charge in [0.2, 0.25) is 0 Å². The highest BCUT2D eigenvalue weighted by atomic mass is 32.2. The molecule has 1 atom stereocenters. The molecule has 3 rings (SSSR count). The molecule has 0 aliphatic carbocycles. The van der Waals surface area contributed by atoms with Gasteiger partial charge in [-0.2, -0.15) is 0 Å². The Morgan fingerprint density at radius 1 is 1.25 bits per heavy atom. The molecule has 0 fully saturated rings. The van der Waals surface area contributed by atoms with Crippen molar-refractivity contribution in [2.45, 2.75) is 23.1 Å². The van der Waals surface area contributed by atoms with E-state index in [1.54, 1.807) is 13.0 Å². The van der Waals surface area contributed by atoms with Crippen molar-refractivity contribution in [3.05, 3.63) is 53.8 Å². The summed E-state index contributed by atoms with van der Waals surface area (Å²) >= 11 is 1.38. The van der Waals surface area contributed by atoms with Crippen molar-refractivity contribution in [2.24, 2.45) is 0 Å². The normalized spacial score (nSPS) is 12.8. The van der Waals surface area contributed by atoms with Crippen LogP contribution in [0.4, 0.5) is 4.39 Å². The summed E-state index contributed by atoms with van der Waals surface area (Å²) in [6.45, 7) is 1.62. The fourth-order valence-corrected chi connectivity index (χ4v) is 3.02. The van der Waals surface area contributed by atoms with Crippen LogP contribution in [0.5, 0.6) is 0 Å². The maximum absolute atomic E-state index is 13.3. The van der Waals surface area contributed by atoms with Gasteiger partial charge in [-0.15, -0.1) is 0 Å². The first-order chi connectivity index (χ1) is 9.63. The van der Waals surface area contributed by atoms with Gasteiger partial charge in [-0.3, -0.25) is 0 Å². The number of aromatic amines is 1. The third-order valence-corrected chi connectivity index (χ3v) is 3.97. The van der Waals surface area contributed by atoms with Crippen LogP contribution in [0, 0.1) is 5.82 Å². The number of hydrogen-bond donors (Lipinski definition) is 2. The summed E-state index contributed by atoms with van der Waals surface area (Å²) in [5.41, 5.74) is 2.40. The summed E-state index contributed by atoms with van der Waals surface area (Å²) in [7, 11) is 0. The number of aromatic nitrogens is 2. The largest absolute Gasteiger partial charge is 0.389 e. The van der Waals surface area contributed by atoms with E-state index in [0.29, 0.717) is 5.56 Å². The summed E-state index contributed by atoms with van der Waals surface area (Å²) in [6.07, 6.45) is -0.724. The quantitative estimate of drug-likeness (QED) is 0.768. The number of H-pyrrole nitrogens is 1. The van der Waals surface area contributed by atoms with Crippen LogP contribution in [-0.2, 0) is 0 Å². The van der Waals surface area contributed by atoms with E-state index in [4.69, 9.17) is 0 Å². The van der Waals surface area contributed by atoms with Gasteiger partial charge in [-0.1, -0.05) is 23.9 Å². The lowest BCUT2D eigenvalue weighted by Gasteiger charge is -2.10. The first-order valence-corrected chi connectivity index (χ1v) is 7.05. The molecular formula is C15H13FN2OS. The van der Waals surface area contributed by atoms with Gasteiger partial charge >= 0.3 is 0 Å². The Hall–Kier alpha value is -1.85. The molecule has 1 aromatic heterocycles. The van der Waals surface area contributed by atoms with Crippen molar-refractivity contribution >= 4 is 22.8 Å². The SMILES string of the molecule is CC(O)c1cc(F)ccc1Sc1nc2ccccc2[nH]1. The van der Waals surface area contributed by atoms with Crippen LogP contribution >= 0.6 is 11.8 Å². The summed E-state index contributed by atoms with van der Waals surface area (Å²) < 4.78 is 13.3. The fourth-order valence-electron chi connectivity index (χ4n) is 2.02. The molecule has 5 heteroatoms. The van der Waals surface area contributed by atoms with Gasteiger partial charge in [0.25, 0.3) is 0 Å². The van der Waals surface area contributed by atoms with E-state index in [1.165, 1.54) is 23.9 Å². The predicted octanol–water partition coefficient (Wildman–Crippen LogP) is 3.91. The van der Waals surface area contributed by atoms with Gasteiger partial charge in [0.1, 0.15) is 5.82 Å². The summed E-state index contributed by atoms with van der Waals surface area (Å²) in [6, 6.07) is 12.1. The molecule has 0 bridgehead atoms. The molecule has 0 amide bonds. The van der Waals surface area contributed by atoms with Crippen LogP contribution in [0.15, 0.2) is 52.5 Å². The number of fused-ring (bicyclic) bond motifs is 1. The fraction of sp³-hybridized carbons (Fsp3) is 0.133. The number of aliphatic hydroxyl groups excluding tert-OH is 1. The van der Waals surface area contributed by atoms with Gasteiger partial charge in [0.05, 0.1) is 17.1 Å². The lowest BCUT2D eigenvalue weighted by atomic mass is 10.1. The Morgan fingerprint density at radius 3 is 2.80 bits per heavy atom. The molecule has 0 saturated carbocycles. The van der Waals surface area contributed by atoms with E-state index in [1.807, 2.05) is 24.3 Å². The molecule has 1 heterocycles. The molecule has 20 heavy (non-hydrogen) atoms. The highest BCUT2D eigenvalue weighted by Gasteiger charge is 2.12. The number of nitrogens with one attached hydrogen (secondary N) is 1. The second-order valence-corrected chi connectivity index (χ2v) is 5.55. The monoisotopic (exact) mass is 288 g/mol. The lowest BCUT2D eigenvalue weighted by Crippen LogP contribution is -1.95. The number of nitrogens with zero attached hydrogens (tertiary/aromatic N) is 1. The van der Waals surface area contributed by atoms with E-state index in [9.17, 15) is 9.50 Å². The second kappa shape index (κ2) is 5.26.